The summed E-state index contributed by atoms with van der Waals surface area (Å²) in [5.74, 6) is -0.0828. The zero-order chi connectivity index (χ0) is 12.2. The minimum atomic E-state index is -4.09. The number of ether oxygens (including phenoxy) is 1. The van der Waals surface area contributed by atoms with Crippen LogP contribution in [0.1, 0.15) is 0 Å². The number of halogens is 1. The molecule has 16 heavy (non-hydrogen) atoms. The molecule has 0 saturated heterocycles. The molecule has 1 rings (SSSR count). The summed E-state index contributed by atoms with van der Waals surface area (Å²) in [6.45, 7) is 0. The smallest absolute Gasteiger partial charge is 0.422 e. The number of hydrogen-bond acceptors (Lipinski definition) is 5. The highest BCUT2D eigenvalue weighted by Crippen LogP contribution is 2.17. The van der Waals surface area contributed by atoms with Crippen LogP contribution in [0.3, 0.4) is 0 Å². The van der Waals surface area contributed by atoms with E-state index < -0.39 is 16.3 Å². The number of aromatic nitrogens is 1. The number of nitrogens with zero attached hydrogens (tertiary/aromatic N) is 1. The third-order valence-corrected chi connectivity index (χ3v) is 2.60. The molecule has 0 aliphatic carbocycles. The molecule has 1 heterocycles. The Balaban J connectivity index is 2.81. The molecule has 0 atom stereocenters. The van der Waals surface area contributed by atoms with Gasteiger partial charge in [-0.1, -0.05) is 11.6 Å². The molecule has 1 aromatic heterocycles. The van der Waals surface area contributed by atoms with Crippen LogP contribution >= 0.6 is 11.6 Å². The first kappa shape index (κ1) is 12.5. The Morgan fingerprint density at radius 3 is 2.81 bits per heavy atom. The molecule has 2 N–H and O–H groups in total. The maximum atomic E-state index is 11.3. The quantitative estimate of drug-likeness (QED) is 0.840. The number of hydrogen-bond donors (Lipinski definition) is 2. The molecule has 0 saturated carbocycles. The monoisotopic (exact) mass is 265 g/mol. The van der Waals surface area contributed by atoms with Crippen molar-refractivity contribution in [2.24, 2.45) is 0 Å². The zero-order valence-electron chi connectivity index (χ0n) is 8.10. The summed E-state index contributed by atoms with van der Waals surface area (Å²) in [7, 11) is -3.05. The highest BCUT2D eigenvalue weighted by molar-refractivity contribution is 7.91. The van der Waals surface area contributed by atoms with E-state index in [1.54, 1.807) is 4.72 Å². The normalized spacial score (nSPS) is 10.6. The third-order valence-electron chi connectivity index (χ3n) is 1.39. The van der Waals surface area contributed by atoms with Crippen LogP contribution in [0.15, 0.2) is 18.3 Å². The average Bonchev–Trinajstić information content (AvgIpc) is 2.20. The van der Waals surface area contributed by atoms with Crippen molar-refractivity contribution in [2.75, 3.05) is 11.8 Å². The van der Waals surface area contributed by atoms with Crippen molar-refractivity contribution in [2.45, 2.75) is 0 Å². The van der Waals surface area contributed by atoms with Crippen molar-refractivity contribution in [3.05, 3.63) is 23.4 Å². The minimum absolute atomic E-state index is 0.0828. The van der Waals surface area contributed by atoms with Crippen molar-refractivity contribution in [3.63, 3.8) is 0 Å². The van der Waals surface area contributed by atoms with Crippen molar-refractivity contribution in [1.82, 2.24) is 9.71 Å². The van der Waals surface area contributed by atoms with E-state index in [2.05, 4.69) is 9.72 Å². The molecule has 0 aliphatic rings. The van der Waals surface area contributed by atoms with E-state index in [-0.39, 0.29) is 10.8 Å². The second kappa shape index (κ2) is 4.99. The van der Waals surface area contributed by atoms with Gasteiger partial charge in [-0.2, -0.15) is 8.42 Å². The van der Waals surface area contributed by atoms with Crippen molar-refractivity contribution in [1.29, 1.82) is 0 Å². The van der Waals surface area contributed by atoms with Crippen LogP contribution in [-0.2, 0) is 14.9 Å². The largest absolute Gasteiger partial charge is 0.452 e. The van der Waals surface area contributed by atoms with E-state index in [1.807, 2.05) is 4.72 Å². The summed E-state index contributed by atoms with van der Waals surface area (Å²) in [6, 6.07) is 2.98. The van der Waals surface area contributed by atoms with Crippen molar-refractivity contribution in [3.8, 4) is 0 Å². The van der Waals surface area contributed by atoms with E-state index >= 15 is 0 Å². The van der Waals surface area contributed by atoms with Crippen LogP contribution in [0.4, 0.5) is 10.6 Å². The summed E-state index contributed by atoms with van der Waals surface area (Å²) in [5, 5.41) is 0.109. The molecule has 0 spiro atoms. The zero-order valence-corrected chi connectivity index (χ0v) is 9.67. The number of amides is 1. The van der Waals surface area contributed by atoms with Gasteiger partial charge in [0.2, 0.25) is 0 Å². The number of pyridine rings is 1. The number of nitrogens with one attached hydrogen (secondary N) is 2. The highest BCUT2D eigenvalue weighted by atomic mass is 35.5. The second-order valence-corrected chi connectivity index (χ2v) is 4.36. The SMILES string of the molecule is COC(=O)NS(=O)(=O)Nc1ncccc1Cl. The minimum Gasteiger partial charge on any atom is -0.452 e. The second-order valence-electron chi connectivity index (χ2n) is 2.53. The molecule has 0 unspecified atom stereocenters. The lowest BCUT2D eigenvalue weighted by Crippen LogP contribution is -2.35. The van der Waals surface area contributed by atoms with Crippen molar-refractivity contribution >= 4 is 33.7 Å². The van der Waals surface area contributed by atoms with E-state index in [0.29, 0.717) is 0 Å². The standard InChI is InChI=1S/C7H8ClN3O4S/c1-15-7(12)11-16(13,14)10-6-5(8)3-2-4-9-6/h2-4H,1H3,(H,9,10)(H,11,12). The van der Waals surface area contributed by atoms with Crippen LogP contribution in [0.25, 0.3) is 0 Å². The Morgan fingerprint density at radius 1 is 1.56 bits per heavy atom. The predicted molar refractivity (Wildman–Crippen MR) is 57.3 cm³/mol. The van der Waals surface area contributed by atoms with E-state index in [4.69, 9.17) is 11.6 Å². The molecule has 0 aliphatic heterocycles. The number of rotatable bonds is 3. The maximum Gasteiger partial charge on any atom is 0.422 e. The molecule has 0 fully saturated rings. The Bertz CT molecular complexity index is 490. The molecular weight excluding hydrogens is 258 g/mol. The molecule has 0 aromatic carbocycles. The lowest BCUT2D eigenvalue weighted by atomic mass is 10.5. The fourth-order valence-corrected chi connectivity index (χ4v) is 1.76. The Hall–Kier alpha value is -1.54. The molecular formula is C7H8ClN3O4S. The van der Waals surface area contributed by atoms with Gasteiger partial charge in [0, 0.05) is 6.20 Å². The Kier molecular flexibility index (Phi) is 3.91. The maximum absolute atomic E-state index is 11.3. The van der Waals surface area contributed by atoms with E-state index in [0.717, 1.165) is 7.11 Å². The Morgan fingerprint density at radius 2 is 2.25 bits per heavy atom. The molecule has 1 aromatic rings. The van der Waals surface area contributed by atoms with Gasteiger partial charge in [0.1, 0.15) is 0 Å². The topological polar surface area (TPSA) is 97.4 Å². The third kappa shape index (κ3) is 3.55. The van der Waals surface area contributed by atoms with Crippen LogP contribution in [0.2, 0.25) is 5.02 Å². The molecule has 7 nitrogen and oxygen atoms in total. The predicted octanol–water partition coefficient (Wildman–Crippen LogP) is 0.748. The van der Waals surface area contributed by atoms with Crippen LogP contribution in [-0.4, -0.2) is 26.6 Å². The average molecular weight is 266 g/mol. The van der Waals surface area contributed by atoms with Crippen LogP contribution in [0, 0.1) is 0 Å². The summed E-state index contributed by atoms with van der Waals surface area (Å²) in [4.78, 5) is 14.4. The summed E-state index contributed by atoms with van der Waals surface area (Å²) in [5.41, 5.74) is 0. The van der Waals surface area contributed by atoms with Crippen LogP contribution < -0.4 is 9.44 Å². The fourth-order valence-electron chi connectivity index (χ4n) is 0.765. The van der Waals surface area contributed by atoms with Crippen LogP contribution in [0.5, 0.6) is 0 Å². The first-order valence-electron chi connectivity index (χ1n) is 3.93. The van der Waals surface area contributed by atoms with Gasteiger partial charge in [-0.3, -0.25) is 0 Å². The number of carbonyl (C=O) groups excluding carboxylic acids is 1. The van der Waals surface area contributed by atoms with Gasteiger partial charge in [-0.25, -0.2) is 19.2 Å². The van der Waals surface area contributed by atoms with Crippen molar-refractivity contribution < 1.29 is 17.9 Å². The highest BCUT2D eigenvalue weighted by Gasteiger charge is 2.16. The molecule has 0 bridgehead atoms. The fraction of sp³-hybridized carbons (Fsp3) is 0.143. The first-order valence-corrected chi connectivity index (χ1v) is 5.80. The molecule has 88 valence electrons. The van der Waals surface area contributed by atoms with Gasteiger partial charge >= 0.3 is 16.3 Å². The van der Waals surface area contributed by atoms with Gasteiger partial charge in [-0.15, -0.1) is 0 Å². The van der Waals surface area contributed by atoms with Gasteiger partial charge in [0.15, 0.2) is 5.82 Å². The number of anilines is 1. The summed E-state index contributed by atoms with van der Waals surface area (Å²) < 4.78 is 30.3. The Labute approximate surface area is 97.0 Å². The van der Waals surface area contributed by atoms with E-state index in [9.17, 15) is 13.2 Å². The summed E-state index contributed by atoms with van der Waals surface area (Å²) >= 11 is 5.67. The lowest BCUT2D eigenvalue weighted by Gasteiger charge is -2.08. The molecule has 1 amide bonds. The van der Waals surface area contributed by atoms with Gasteiger partial charge in [0.25, 0.3) is 0 Å². The molecule has 9 heteroatoms. The van der Waals surface area contributed by atoms with Gasteiger partial charge < -0.3 is 4.74 Å². The number of methoxy groups -OCH3 is 1. The molecule has 0 radical (unpaired) electrons. The van der Waals surface area contributed by atoms with Gasteiger partial charge in [-0.05, 0) is 12.1 Å². The first-order chi connectivity index (χ1) is 7.44. The lowest BCUT2D eigenvalue weighted by molar-refractivity contribution is 0.177. The number of carbonyl (C=O) groups is 1. The van der Waals surface area contributed by atoms with E-state index in [1.165, 1.54) is 18.3 Å². The van der Waals surface area contributed by atoms with Gasteiger partial charge in [0.05, 0.1) is 12.1 Å². The summed E-state index contributed by atoms with van der Waals surface area (Å²) in [6.07, 6.45) is 0.238.